The van der Waals surface area contributed by atoms with Crippen LogP contribution in [-0.2, 0) is 9.84 Å². The fraction of sp³-hybridized carbons (Fsp3) is 1.00. The van der Waals surface area contributed by atoms with Crippen molar-refractivity contribution >= 4 is 9.84 Å². The summed E-state index contributed by atoms with van der Waals surface area (Å²) in [6.07, 6.45) is 2.13. The van der Waals surface area contributed by atoms with Gasteiger partial charge in [-0.3, -0.25) is 0 Å². The highest BCUT2D eigenvalue weighted by molar-refractivity contribution is 7.91. The van der Waals surface area contributed by atoms with Crippen molar-refractivity contribution in [3.05, 3.63) is 0 Å². The van der Waals surface area contributed by atoms with Gasteiger partial charge < -0.3 is 10.0 Å². The summed E-state index contributed by atoms with van der Waals surface area (Å²) >= 11 is 0. The molecule has 1 N–H and O–H groups in total. The average Bonchev–Trinajstić information content (AvgIpc) is 2.22. The molecule has 0 aromatic heterocycles. The molecule has 0 aliphatic heterocycles. The second-order valence-corrected chi connectivity index (χ2v) is 6.13. The molecular weight excluding hydrogens is 214 g/mol. The van der Waals surface area contributed by atoms with Crippen LogP contribution >= 0.6 is 0 Å². The Kier molecular flexibility index (Phi) is 8.00. The zero-order chi connectivity index (χ0) is 11.7. The molecule has 0 saturated heterocycles. The van der Waals surface area contributed by atoms with E-state index in [9.17, 15) is 8.42 Å². The van der Waals surface area contributed by atoms with E-state index in [1.807, 2.05) is 4.90 Å². The lowest BCUT2D eigenvalue weighted by atomic mass is 10.3. The number of nitrogens with zero attached hydrogens (tertiary/aromatic N) is 1. The van der Waals surface area contributed by atoms with E-state index in [2.05, 4.69) is 6.92 Å². The van der Waals surface area contributed by atoms with Crippen molar-refractivity contribution in [2.24, 2.45) is 0 Å². The van der Waals surface area contributed by atoms with Gasteiger partial charge in [-0.1, -0.05) is 20.3 Å². The van der Waals surface area contributed by atoms with E-state index in [0.29, 0.717) is 13.1 Å². The van der Waals surface area contributed by atoms with Crippen LogP contribution in [0.3, 0.4) is 0 Å². The van der Waals surface area contributed by atoms with E-state index in [1.54, 1.807) is 6.92 Å². The van der Waals surface area contributed by atoms with Gasteiger partial charge in [0, 0.05) is 18.8 Å². The molecule has 0 aromatic carbocycles. The summed E-state index contributed by atoms with van der Waals surface area (Å²) in [5.74, 6) is 0.404. The predicted molar refractivity (Wildman–Crippen MR) is 62.8 cm³/mol. The van der Waals surface area contributed by atoms with Crippen molar-refractivity contribution in [3.63, 3.8) is 0 Å². The van der Waals surface area contributed by atoms with Crippen LogP contribution in [0, 0.1) is 0 Å². The van der Waals surface area contributed by atoms with Gasteiger partial charge in [-0.25, -0.2) is 8.42 Å². The quantitative estimate of drug-likeness (QED) is 0.635. The highest BCUT2D eigenvalue weighted by Crippen LogP contribution is 1.97. The van der Waals surface area contributed by atoms with Crippen LogP contribution in [0.25, 0.3) is 0 Å². The summed E-state index contributed by atoms with van der Waals surface area (Å²) in [6.45, 7) is 5.83. The second kappa shape index (κ2) is 8.07. The van der Waals surface area contributed by atoms with Crippen molar-refractivity contribution < 1.29 is 13.5 Å². The third-order valence-corrected chi connectivity index (χ3v) is 4.09. The Bertz CT molecular complexity index is 239. The summed E-state index contributed by atoms with van der Waals surface area (Å²) in [5.41, 5.74) is 0. The lowest BCUT2D eigenvalue weighted by Gasteiger charge is -2.20. The average molecular weight is 237 g/mol. The molecular formula is C10H23NO3S. The van der Waals surface area contributed by atoms with E-state index >= 15 is 0 Å². The molecule has 15 heavy (non-hydrogen) atoms. The maximum Gasteiger partial charge on any atom is 0.151 e. The van der Waals surface area contributed by atoms with E-state index in [-0.39, 0.29) is 18.1 Å². The Hall–Kier alpha value is -0.130. The minimum Gasteiger partial charge on any atom is -0.395 e. The van der Waals surface area contributed by atoms with Crippen LogP contribution in [0.4, 0.5) is 0 Å². The Labute approximate surface area is 93.2 Å². The van der Waals surface area contributed by atoms with Gasteiger partial charge in [0.15, 0.2) is 9.84 Å². The third kappa shape index (κ3) is 7.76. The summed E-state index contributed by atoms with van der Waals surface area (Å²) < 4.78 is 22.6. The smallest absolute Gasteiger partial charge is 0.151 e. The first kappa shape index (κ1) is 14.9. The summed E-state index contributed by atoms with van der Waals surface area (Å²) in [6, 6.07) is 0. The van der Waals surface area contributed by atoms with Crippen LogP contribution in [0.2, 0.25) is 0 Å². The van der Waals surface area contributed by atoms with Gasteiger partial charge in [-0.2, -0.15) is 0 Å². The maximum atomic E-state index is 11.3. The van der Waals surface area contributed by atoms with Gasteiger partial charge in [0.2, 0.25) is 0 Å². The number of unbranched alkanes of at least 4 members (excludes halogenated alkanes) is 1. The van der Waals surface area contributed by atoms with Gasteiger partial charge in [0.05, 0.1) is 12.4 Å². The number of hydrogen-bond acceptors (Lipinski definition) is 4. The molecule has 0 aromatic rings. The monoisotopic (exact) mass is 237 g/mol. The van der Waals surface area contributed by atoms with Crippen molar-refractivity contribution in [1.82, 2.24) is 4.90 Å². The zero-order valence-electron chi connectivity index (χ0n) is 9.78. The molecule has 4 nitrogen and oxygen atoms in total. The molecule has 0 aliphatic carbocycles. The third-order valence-electron chi connectivity index (χ3n) is 2.40. The van der Waals surface area contributed by atoms with Gasteiger partial charge in [0.25, 0.3) is 0 Å². The van der Waals surface area contributed by atoms with Gasteiger partial charge in [-0.15, -0.1) is 0 Å². The number of hydrogen-bond donors (Lipinski definition) is 1. The van der Waals surface area contributed by atoms with Gasteiger partial charge in [0.1, 0.15) is 0 Å². The molecule has 0 saturated carbocycles. The van der Waals surface area contributed by atoms with E-state index in [0.717, 1.165) is 19.4 Å². The molecule has 0 radical (unpaired) electrons. The molecule has 0 spiro atoms. The molecule has 0 fully saturated rings. The maximum absolute atomic E-state index is 11.3. The largest absolute Gasteiger partial charge is 0.395 e. The Morgan fingerprint density at radius 1 is 1.13 bits per heavy atom. The summed E-state index contributed by atoms with van der Waals surface area (Å²) in [7, 11) is -2.88. The molecule has 0 rings (SSSR count). The number of rotatable bonds is 9. The predicted octanol–water partition coefficient (Wildman–Crippen LogP) is 0.516. The Morgan fingerprint density at radius 3 is 2.27 bits per heavy atom. The van der Waals surface area contributed by atoms with Gasteiger partial charge >= 0.3 is 0 Å². The number of aliphatic hydroxyl groups is 1. The molecule has 0 unspecified atom stereocenters. The highest BCUT2D eigenvalue weighted by atomic mass is 32.2. The number of sulfone groups is 1. The lowest BCUT2D eigenvalue weighted by Crippen LogP contribution is -2.33. The lowest BCUT2D eigenvalue weighted by molar-refractivity contribution is 0.201. The van der Waals surface area contributed by atoms with Crippen molar-refractivity contribution in [1.29, 1.82) is 0 Å². The Morgan fingerprint density at radius 2 is 1.80 bits per heavy atom. The molecule has 0 atom stereocenters. The molecule has 92 valence electrons. The van der Waals surface area contributed by atoms with Crippen molar-refractivity contribution in [2.75, 3.05) is 37.7 Å². The molecule has 5 heteroatoms. The fourth-order valence-corrected chi connectivity index (χ4v) is 2.10. The van der Waals surface area contributed by atoms with Crippen molar-refractivity contribution in [3.8, 4) is 0 Å². The SMILES string of the molecule is CCCCN(CCO)CCS(=O)(=O)CC. The van der Waals surface area contributed by atoms with Crippen LogP contribution in [0.1, 0.15) is 26.7 Å². The molecule has 0 aliphatic rings. The molecule has 0 amide bonds. The van der Waals surface area contributed by atoms with Crippen LogP contribution in [-0.4, -0.2) is 56.2 Å². The van der Waals surface area contributed by atoms with E-state index in [1.165, 1.54) is 0 Å². The Balaban J connectivity index is 3.94. The van der Waals surface area contributed by atoms with Crippen LogP contribution in [0.5, 0.6) is 0 Å². The minimum atomic E-state index is -2.88. The summed E-state index contributed by atoms with van der Waals surface area (Å²) in [5, 5.41) is 8.83. The summed E-state index contributed by atoms with van der Waals surface area (Å²) in [4.78, 5) is 2.01. The second-order valence-electron chi connectivity index (χ2n) is 3.66. The van der Waals surface area contributed by atoms with E-state index < -0.39 is 9.84 Å². The van der Waals surface area contributed by atoms with Crippen LogP contribution < -0.4 is 0 Å². The first-order valence-corrected chi connectivity index (χ1v) is 7.41. The normalized spacial score (nSPS) is 12.3. The van der Waals surface area contributed by atoms with Crippen LogP contribution in [0.15, 0.2) is 0 Å². The highest BCUT2D eigenvalue weighted by Gasteiger charge is 2.10. The first-order valence-electron chi connectivity index (χ1n) is 5.59. The van der Waals surface area contributed by atoms with E-state index in [4.69, 9.17) is 5.11 Å². The topological polar surface area (TPSA) is 57.6 Å². The zero-order valence-corrected chi connectivity index (χ0v) is 10.6. The molecule has 0 heterocycles. The standard InChI is InChI=1S/C10H23NO3S/c1-3-5-6-11(7-9-12)8-10-15(13,14)4-2/h12H,3-10H2,1-2H3. The molecule has 0 bridgehead atoms. The number of aliphatic hydroxyl groups excluding tert-OH is 1. The fourth-order valence-electron chi connectivity index (χ4n) is 1.27. The first-order chi connectivity index (χ1) is 7.05. The van der Waals surface area contributed by atoms with Gasteiger partial charge in [-0.05, 0) is 13.0 Å². The minimum absolute atomic E-state index is 0.0931. The van der Waals surface area contributed by atoms with Crippen molar-refractivity contribution in [2.45, 2.75) is 26.7 Å².